The monoisotopic (exact) mass is 209 g/mol. The fraction of sp³-hybridized carbons (Fsp3) is 0.750. The molecule has 1 rings (SSSR count). The Labute approximate surface area is 92.9 Å². The van der Waals surface area contributed by atoms with Gasteiger partial charge in [0.25, 0.3) is 0 Å². The second kappa shape index (κ2) is 5.91. The minimum Gasteiger partial charge on any atom is -0.335 e. The molecule has 1 N–H and O–H groups in total. The topological polar surface area (TPSA) is 29.9 Å². The average molecular weight is 209 g/mol. The lowest BCUT2D eigenvalue weighted by Crippen LogP contribution is -2.36. The molecule has 0 fully saturated rings. The van der Waals surface area contributed by atoms with Crippen LogP contribution in [-0.4, -0.2) is 22.1 Å². The molecular weight excluding hydrogens is 186 g/mol. The Morgan fingerprint density at radius 1 is 1.40 bits per heavy atom. The highest BCUT2D eigenvalue weighted by Gasteiger charge is 2.15. The number of rotatable bonds is 6. The largest absolute Gasteiger partial charge is 0.335 e. The summed E-state index contributed by atoms with van der Waals surface area (Å²) in [5, 5.41) is 3.52. The van der Waals surface area contributed by atoms with Crippen molar-refractivity contribution in [3.8, 4) is 0 Å². The fourth-order valence-corrected chi connectivity index (χ4v) is 1.82. The number of aryl methyl sites for hydroxylation is 1. The molecule has 0 saturated heterocycles. The van der Waals surface area contributed by atoms with Gasteiger partial charge in [-0.15, -0.1) is 0 Å². The number of aromatic nitrogens is 2. The number of nitrogens with one attached hydrogen (secondary N) is 1. The van der Waals surface area contributed by atoms with Crippen LogP contribution in [0.15, 0.2) is 12.4 Å². The summed E-state index contributed by atoms with van der Waals surface area (Å²) in [6.45, 7) is 10.9. The second-order valence-electron chi connectivity index (χ2n) is 4.24. The van der Waals surface area contributed by atoms with Crippen LogP contribution >= 0.6 is 0 Å². The molecule has 3 nitrogen and oxygen atoms in total. The van der Waals surface area contributed by atoms with Crippen molar-refractivity contribution < 1.29 is 0 Å². The smallest absolute Gasteiger partial charge is 0.110 e. The van der Waals surface area contributed by atoms with Crippen molar-refractivity contribution in [3.63, 3.8) is 0 Å². The summed E-state index contributed by atoms with van der Waals surface area (Å²) in [4.78, 5) is 4.41. The second-order valence-corrected chi connectivity index (χ2v) is 4.24. The molecular formula is C12H23N3. The van der Waals surface area contributed by atoms with Crippen molar-refractivity contribution in [2.24, 2.45) is 5.92 Å². The first kappa shape index (κ1) is 12.2. The van der Waals surface area contributed by atoms with Gasteiger partial charge >= 0.3 is 0 Å². The normalized spacial score (nSPS) is 13.4. The summed E-state index contributed by atoms with van der Waals surface area (Å²) >= 11 is 0. The molecule has 0 saturated carbocycles. The van der Waals surface area contributed by atoms with Gasteiger partial charge in [-0.2, -0.15) is 0 Å². The van der Waals surface area contributed by atoms with Crippen LogP contribution in [0.3, 0.4) is 0 Å². The Kier molecular flexibility index (Phi) is 4.82. The van der Waals surface area contributed by atoms with E-state index in [4.69, 9.17) is 0 Å². The molecule has 1 heterocycles. The van der Waals surface area contributed by atoms with Gasteiger partial charge in [-0.3, -0.25) is 0 Å². The highest BCUT2D eigenvalue weighted by molar-refractivity contribution is 4.96. The molecule has 0 spiro atoms. The maximum absolute atomic E-state index is 4.41. The molecule has 1 aromatic heterocycles. The van der Waals surface area contributed by atoms with Crippen LogP contribution in [0.4, 0.5) is 0 Å². The van der Waals surface area contributed by atoms with E-state index in [1.165, 1.54) is 5.82 Å². The molecule has 1 unspecified atom stereocenters. The van der Waals surface area contributed by atoms with Gasteiger partial charge in [-0.05, 0) is 19.4 Å². The summed E-state index contributed by atoms with van der Waals surface area (Å²) in [6, 6.07) is 0.530. The van der Waals surface area contributed by atoms with Crippen molar-refractivity contribution in [3.05, 3.63) is 18.2 Å². The van der Waals surface area contributed by atoms with Crippen LogP contribution in [0.5, 0.6) is 0 Å². The standard InChI is InChI=1S/C12H23N3/c1-5-13-11(10(3)4)9-12-14-7-8-15(12)6-2/h7-8,10-11,13H,5-6,9H2,1-4H3. The first-order valence-corrected chi connectivity index (χ1v) is 5.92. The molecule has 1 aromatic rings. The van der Waals surface area contributed by atoms with Gasteiger partial charge in [0.05, 0.1) is 0 Å². The van der Waals surface area contributed by atoms with Gasteiger partial charge in [-0.25, -0.2) is 4.98 Å². The van der Waals surface area contributed by atoms with E-state index in [1.54, 1.807) is 0 Å². The van der Waals surface area contributed by atoms with E-state index in [-0.39, 0.29) is 0 Å². The Morgan fingerprint density at radius 3 is 2.67 bits per heavy atom. The van der Waals surface area contributed by atoms with Crippen LogP contribution in [0, 0.1) is 5.92 Å². The summed E-state index contributed by atoms with van der Waals surface area (Å²) in [5.74, 6) is 1.84. The van der Waals surface area contributed by atoms with E-state index in [0.29, 0.717) is 12.0 Å². The van der Waals surface area contributed by atoms with Crippen molar-refractivity contribution >= 4 is 0 Å². The maximum atomic E-state index is 4.41. The molecule has 0 aliphatic heterocycles. The number of hydrogen-bond acceptors (Lipinski definition) is 2. The third kappa shape index (κ3) is 3.34. The molecule has 0 bridgehead atoms. The Morgan fingerprint density at radius 2 is 2.13 bits per heavy atom. The van der Waals surface area contributed by atoms with Gasteiger partial charge in [0.2, 0.25) is 0 Å². The fourth-order valence-electron chi connectivity index (χ4n) is 1.82. The molecule has 0 amide bonds. The summed E-state index contributed by atoms with van der Waals surface area (Å²) in [6.07, 6.45) is 4.97. The van der Waals surface area contributed by atoms with Gasteiger partial charge < -0.3 is 9.88 Å². The molecule has 15 heavy (non-hydrogen) atoms. The van der Waals surface area contributed by atoms with Gasteiger partial charge in [0.1, 0.15) is 5.82 Å². The molecule has 1 atom stereocenters. The summed E-state index contributed by atoms with van der Waals surface area (Å²) in [5.41, 5.74) is 0. The summed E-state index contributed by atoms with van der Waals surface area (Å²) < 4.78 is 2.22. The van der Waals surface area contributed by atoms with Gasteiger partial charge in [0, 0.05) is 31.4 Å². The summed E-state index contributed by atoms with van der Waals surface area (Å²) in [7, 11) is 0. The molecule has 0 aliphatic rings. The minimum absolute atomic E-state index is 0.530. The lowest BCUT2D eigenvalue weighted by atomic mass is 10.0. The zero-order chi connectivity index (χ0) is 11.3. The minimum atomic E-state index is 0.530. The van der Waals surface area contributed by atoms with Crippen LogP contribution in [0.25, 0.3) is 0 Å². The number of likely N-dealkylation sites (N-methyl/N-ethyl adjacent to an activating group) is 1. The van der Waals surface area contributed by atoms with Crippen molar-refractivity contribution in [2.45, 2.75) is 46.7 Å². The maximum Gasteiger partial charge on any atom is 0.110 e. The van der Waals surface area contributed by atoms with Crippen LogP contribution in [0.2, 0.25) is 0 Å². The van der Waals surface area contributed by atoms with Gasteiger partial charge in [-0.1, -0.05) is 20.8 Å². The molecule has 0 radical (unpaired) electrons. The van der Waals surface area contributed by atoms with Gasteiger partial charge in [0.15, 0.2) is 0 Å². The zero-order valence-electron chi connectivity index (χ0n) is 10.3. The zero-order valence-corrected chi connectivity index (χ0v) is 10.3. The lowest BCUT2D eigenvalue weighted by Gasteiger charge is -2.21. The van der Waals surface area contributed by atoms with E-state index in [9.17, 15) is 0 Å². The number of imidazole rings is 1. The van der Waals surface area contributed by atoms with E-state index in [0.717, 1.165) is 19.5 Å². The third-order valence-electron chi connectivity index (χ3n) is 2.82. The first-order chi connectivity index (χ1) is 7.19. The van der Waals surface area contributed by atoms with Crippen LogP contribution in [0.1, 0.15) is 33.5 Å². The van der Waals surface area contributed by atoms with Crippen LogP contribution < -0.4 is 5.32 Å². The van der Waals surface area contributed by atoms with Crippen molar-refractivity contribution in [2.75, 3.05) is 6.54 Å². The predicted molar refractivity (Wildman–Crippen MR) is 63.9 cm³/mol. The Bertz CT molecular complexity index is 278. The lowest BCUT2D eigenvalue weighted by molar-refractivity contribution is 0.394. The average Bonchev–Trinajstić information content (AvgIpc) is 2.64. The Balaban J connectivity index is 2.65. The number of nitrogens with zero attached hydrogens (tertiary/aromatic N) is 2. The van der Waals surface area contributed by atoms with E-state index >= 15 is 0 Å². The highest BCUT2D eigenvalue weighted by Crippen LogP contribution is 2.09. The third-order valence-corrected chi connectivity index (χ3v) is 2.82. The SMILES string of the molecule is CCNC(Cc1nccn1CC)C(C)C. The van der Waals surface area contributed by atoms with Crippen molar-refractivity contribution in [1.29, 1.82) is 0 Å². The van der Waals surface area contributed by atoms with Crippen molar-refractivity contribution in [1.82, 2.24) is 14.9 Å². The first-order valence-electron chi connectivity index (χ1n) is 5.92. The number of hydrogen-bond donors (Lipinski definition) is 1. The molecule has 3 heteroatoms. The van der Waals surface area contributed by atoms with E-state index in [2.05, 4.69) is 48.8 Å². The van der Waals surface area contributed by atoms with E-state index in [1.807, 2.05) is 6.20 Å². The van der Waals surface area contributed by atoms with E-state index < -0.39 is 0 Å². The molecule has 86 valence electrons. The Hall–Kier alpha value is -0.830. The highest BCUT2D eigenvalue weighted by atomic mass is 15.1. The predicted octanol–water partition coefficient (Wildman–Crippen LogP) is 2.08. The molecule has 0 aromatic carbocycles. The van der Waals surface area contributed by atoms with Crippen LogP contribution in [-0.2, 0) is 13.0 Å². The molecule has 0 aliphatic carbocycles. The quantitative estimate of drug-likeness (QED) is 0.777.